The molecule has 24 heavy (non-hydrogen) atoms. The van der Waals surface area contributed by atoms with Gasteiger partial charge in [-0.1, -0.05) is 42.5 Å². The maximum Gasteiger partial charge on any atom is 0.219 e. The summed E-state index contributed by atoms with van der Waals surface area (Å²) in [6, 6.07) is 18.9. The van der Waals surface area contributed by atoms with E-state index < -0.39 is 0 Å². The van der Waals surface area contributed by atoms with Crippen molar-refractivity contribution in [3.05, 3.63) is 71.5 Å². The van der Waals surface area contributed by atoms with E-state index in [4.69, 9.17) is 0 Å². The lowest BCUT2D eigenvalue weighted by Gasteiger charge is -2.42. The average molecular weight is 320 g/mol. The minimum Gasteiger partial charge on any atom is -0.320 e. The second kappa shape index (κ2) is 5.53. The lowest BCUT2D eigenvalue weighted by Crippen LogP contribution is -3.18. The number of nitrogens with zero attached hydrogens (tertiary/aromatic N) is 4. The van der Waals surface area contributed by atoms with Gasteiger partial charge in [-0.2, -0.15) is 4.68 Å². The second-order valence-corrected chi connectivity index (χ2v) is 7.16. The van der Waals surface area contributed by atoms with Crippen LogP contribution in [0.5, 0.6) is 0 Å². The SMILES string of the molecule is C[NH+]1[C@@H](c2nnnn2-c2ccccc2)c2ccccc2CC1(C)C. The molecule has 4 rings (SSSR count). The Hall–Kier alpha value is -2.53. The van der Waals surface area contributed by atoms with Gasteiger partial charge in [-0.15, -0.1) is 5.10 Å². The van der Waals surface area contributed by atoms with Crippen LogP contribution in [0.3, 0.4) is 0 Å². The monoisotopic (exact) mass is 320 g/mol. The van der Waals surface area contributed by atoms with E-state index in [2.05, 4.69) is 60.7 Å². The highest BCUT2D eigenvalue weighted by molar-refractivity contribution is 5.37. The number of benzene rings is 2. The molecule has 0 saturated heterocycles. The Bertz CT molecular complexity index is 853. The molecule has 0 aliphatic carbocycles. The molecular formula is C19H22N5+. The Morgan fingerprint density at radius 2 is 1.75 bits per heavy atom. The van der Waals surface area contributed by atoms with Gasteiger partial charge in [0.2, 0.25) is 5.82 Å². The van der Waals surface area contributed by atoms with Gasteiger partial charge < -0.3 is 4.90 Å². The molecule has 5 heteroatoms. The van der Waals surface area contributed by atoms with E-state index in [9.17, 15) is 0 Å². The van der Waals surface area contributed by atoms with Crippen LogP contribution in [0.1, 0.15) is 36.8 Å². The van der Waals surface area contributed by atoms with Crippen molar-refractivity contribution in [3.63, 3.8) is 0 Å². The van der Waals surface area contributed by atoms with E-state index in [1.807, 2.05) is 35.0 Å². The summed E-state index contributed by atoms with van der Waals surface area (Å²) in [5, 5.41) is 12.6. The Labute approximate surface area is 141 Å². The number of hydrogen-bond acceptors (Lipinski definition) is 3. The van der Waals surface area contributed by atoms with Gasteiger partial charge in [0.25, 0.3) is 0 Å². The van der Waals surface area contributed by atoms with E-state index in [1.165, 1.54) is 16.0 Å². The van der Waals surface area contributed by atoms with Crippen LogP contribution in [0.25, 0.3) is 5.69 Å². The van der Waals surface area contributed by atoms with E-state index in [1.54, 1.807) is 0 Å². The number of rotatable bonds is 2. The molecule has 1 unspecified atom stereocenters. The van der Waals surface area contributed by atoms with Crippen LogP contribution in [0.2, 0.25) is 0 Å². The van der Waals surface area contributed by atoms with Crippen molar-refractivity contribution in [2.75, 3.05) is 7.05 Å². The van der Waals surface area contributed by atoms with Gasteiger partial charge >= 0.3 is 0 Å². The van der Waals surface area contributed by atoms with Gasteiger partial charge in [-0.25, -0.2) is 0 Å². The molecule has 0 radical (unpaired) electrons. The largest absolute Gasteiger partial charge is 0.320 e. The van der Waals surface area contributed by atoms with Crippen LogP contribution in [0, 0.1) is 0 Å². The van der Waals surface area contributed by atoms with Crippen LogP contribution < -0.4 is 4.90 Å². The highest BCUT2D eigenvalue weighted by Gasteiger charge is 2.44. The van der Waals surface area contributed by atoms with Crippen LogP contribution in [-0.4, -0.2) is 32.8 Å². The summed E-state index contributed by atoms with van der Waals surface area (Å²) >= 11 is 0. The van der Waals surface area contributed by atoms with Crippen LogP contribution >= 0.6 is 0 Å². The molecule has 1 N–H and O–H groups in total. The minimum absolute atomic E-state index is 0.111. The van der Waals surface area contributed by atoms with Crippen molar-refractivity contribution in [2.45, 2.75) is 31.8 Å². The Morgan fingerprint density at radius 3 is 2.54 bits per heavy atom. The first-order valence-electron chi connectivity index (χ1n) is 8.33. The normalized spacial score (nSPS) is 22.1. The van der Waals surface area contributed by atoms with E-state index >= 15 is 0 Å². The second-order valence-electron chi connectivity index (χ2n) is 7.16. The number of hydrogen-bond donors (Lipinski definition) is 1. The Balaban J connectivity index is 1.89. The van der Waals surface area contributed by atoms with Crippen LogP contribution in [0.15, 0.2) is 54.6 Å². The first-order chi connectivity index (χ1) is 11.6. The lowest BCUT2D eigenvalue weighted by atomic mass is 9.81. The molecule has 2 aromatic carbocycles. The Morgan fingerprint density at radius 1 is 1.04 bits per heavy atom. The average Bonchev–Trinajstić information content (AvgIpc) is 3.06. The number of aromatic nitrogens is 4. The molecule has 122 valence electrons. The van der Waals surface area contributed by atoms with Crippen LogP contribution in [0.4, 0.5) is 0 Å². The van der Waals surface area contributed by atoms with E-state index in [-0.39, 0.29) is 11.6 Å². The lowest BCUT2D eigenvalue weighted by molar-refractivity contribution is -0.957. The maximum absolute atomic E-state index is 4.41. The quantitative estimate of drug-likeness (QED) is 0.780. The third-order valence-corrected chi connectivity index (χ3v) is 5.25. The van der Waals surface area contributed by atoms with Crippen LogP contribution in [-0.2, 0) is 6.42 Å². The first-order valence-corrected chi connectivity index (χ1v) is 8.33. The smallest absolute Gasteiger partial charge is 0.219 e. The van der Waals surface area contributed by atoms with Crippen molar-refractivity contribution in [3.8, 4) is 5.69 Å². The predicted molar refractivity (Wildman–Crippen MR) is 92.1 cm³/mol. The molecule has 5 nitrogen and oxygen atoms in total. The summed E-state index contributed by atoms with van der Waals surface area (Å²) in [6.07, 6.45) is 1.05. The number of para-hydroxylation sites is 1. The van der Waals surface area contributed by atoms with E-state index in [0.29, 0.717) is 0 Å². The third-order valence-electron chi connectivity index (χ3n) is 5.25. The minimum atomic E-state index is 0.111. The van der Waals surface area contributed by atoms with Gasteiger partial charge in [0, 0.05) is 12.0 Å². The predicted octanol–water partition coefficient (Wildman–Crippen LogP) is 1.60. The molecule has 1 aliphatic heterocycles. The van der Waals surface area contributed by atoms with Gasteiger partial charge in [0.15, 0.2) is 6.04 Å². The third kappa shape index (κ3) is 2.32. The molecule has 1 aliphatic rings. The van der Waals surface area contributed by atoms with Crippen molar-refractivity contribution < 1.29 is 4.90 Å². The molecule has 0 bridgehead atoms. The van der Waals surface area contributed by atoms with Crippen molar-refractivity contribution in [1.29, 1.82) is 0 Å². The fourth-order valence-electron chi connectivity index (χ4n) is 3.68. The highest BCUT2D eigenvalue weighted by atomic mass is 15.6. The number of quaternary nitrogens is 1. The van der Waals surface area contributed by atoms with Gasteiger partial charge in [0.1, 0.15) is 0 Å². The number of likely N-dealkylation sites (N-methyl/N-ethyl adjacent to an activating group) is 1. The van der Waals surface area contributed by atoms with Gasteiger partial charge in [-0.05, 0) is 42.0 Å². The maximum atomic E-state index is 4.41. The van der Waals surface area contributed by atoms with Crippen molar-refractivity contribution >= 4 is 0 Å². The topological polar surface area (TPSA) is 48.0 Å². The number of nitrogens with one attached hydrogen (secondary N) is 1. The molecular weight excluding hydrogens is 298 g/mol. The van der Waals surface area contributed by atoms with Gasteiger partial charge in [0.05, 0.1) is 18.3 Å². The summed E-state index contributed by atoms with van der Waals surface area (Å²) in [6.45, 7) is 4.61. The molecule has 0 saturated carbocycles. The number of fused-ring (bicyclic) bond motifs is 1. The molecule has 2 atom stereocenters. The zero-order chi connectivity index (χ0) is 16.7. The summed E-state index contributed by atoms with van der Waals surface area (Å²) in [5.74, 6) is 0.888. The molecule has 3 aromatic rings. The zero-order valence-electron chi connectivity index (χ0n) is 14.3. The fourth-order valence-corrected chi connectivity index (χ4v) is 3.68. The first kappa shape index (κ1) is 15.0. The van der Waals surface area contributed by atoms with Crippen molar-refractivity contribution in [1.82, 2.24) is 20.2 Å². The molecule has 0 spiro atoms. The highest BCUT2D eigenvalue weighted by Crippen LogP contribution is 2.29. The zero-order valence-corrected chi connectivity index (χ0v) is 14.3. The van der Waals surface area contributed by atoms with Gasteiger partial charge in [-0.3, -0.25) is 0 Å². The molecule has 2 heterocycles. The summed E-state index contributed by atoms with van der Waals surface area (Å²) < 4.78 is 1.87. The molecule has 0 amide bonds. The summed E-state index contributed by atoms with van der Waals surface area (Å²) in [7, 11) is 2.24. The summed E-state index contributed by atoms with van der Waals surface area (Å²) in [4.78, 5) is 1.41. The van der Waals surface area contributed by atoms with E-state index in [0.717, 1.165) is 17.9 Å². The molecule has 0 fully saturated rings. The fraction of sp³-hybridized carbons (Fsp3) is 0.316. The Kier molecular flexibility index (Phi) is 3.46. The molecule has 1 aromatic heterocycles. The number of tetrazole rings is 1. The summed E-state index contributed by atoms with van der Waals surface area (Å²) in [5.41, 5.74) is 3.82. The van der Waals surface area contributed by atoms with Crippen molar-refractivity contribution in [2.24, 2.45) is 0 Å². The standard InChI is InChI=1S/C19H21N5/c1-19(2)13-14-9-7-8-12-16(14)17(23(19)3)18-20-21-22-24(18)15-10-5-4-6-11-15/h4-12,17H,13H2,1-3H3/p+1/t17-/m1/s1.